The lowest BCUT2D eigenvalue weighted by atomic mass is 10.1. The summed E-state index contributed by atoms with van der Waals surface area (Å²) in [6.45, 7) is 1.69. The zero-order chi connectivity index (χ0) is 17.1. The predicted molar refractivity (Wildman–Crippen MR) is 96.3 cm³/mol. The minimum absolute atomic E-state index is 0.0775. The number of nitrogens with one attached hydrogen (secondary N) is 2. The van der Waals surface area contributed by atoms with Crippen molar-refractivity contribution in [3.63, 3.8) is 0 Å². The van der Waals surface area contributed by atoms with Gasteiger partial charge in [0.15, 0.2) is 6.10 Å². The third kappa shape index (κ3) is 3.94. The fourth-order valence-corrected chi connectivity index (χ4v) is 2.91. The number of hydrogen-bond donors (Lipinski definition) is 2. The monoisotopic (exact) mass is 388 g/mol. The van der Waals surface area contributed by atoms with Crippen LogP contribution < -0.4 is 15.4 Å². The van der Waals surface area contributed by atoms with Crippen LogP contribution in [0.3, 0.4) is 0 Å². The minimum atomic E-state index is -0.511. The Morgan fingerprint density at radius 2 is 2.12 bits per heavy atom. The van der Waals surface area contributed by atoms with E-state index in [0.717, 1.165) is 10.0 Å². The number of ether oxygens (including phenoxy) is 1. The maximum Gasteiger partial charge on any atom is 0.265 e. The predicted octanol–water partition coefficient (Wildman–Crippen LogP) is 3.74. The second kappa shape index (κ2) is 7.05. The highest BCUT2D eigenvalue weighted by atomic mass is 79.9. The van der Waals surface area contributed by atoms with Crippen molar-refractivity contribution in [3.05, 3.63) is 52.5 Å². The summed E-state index contributed by atoms with van der Waals surface area (Å²) in [6, 6.07) is 13.1. The molecule has 0 saturated heterocycles. The molecule has 1 aliphatic rings. The van der Waals surface area contributed by atoms with Gasteiger partial charge in [-0.1, -0.05) is 28.1 Å². The first kappa shape index (κ1) is 16.5. The van der Waals surface area contributed by atoms with Crippen molar-refractivity contribution in [1.29, 1.82) is 0 Å². The summed E-state index contributed by atoms with van der Waals surface area (Å²) in [7, 11) is 0. The molecule has 2 N–H and O–H groups in total. The van der Waals surface area contributed by atoms with Gasteiger partial charge < -0.3 is 15.4 Å². The average molecular weight is 389 g/mol. The van der Waals surface area contributed by atoms with Crippen LogP contribution in [0.2, 0.25) is 0 Å². The highest BCUT2D eigenvalue weighted by Crippen LogP contribution is 2.32. The number of rotatable bonds is 4. The van der Waals surface area contributed by atoms with E-state index >= 15 is 0 Å². The first-order chi connectivity index (χ1) is 11.5. The van der Waals surface area contributed by atoms with Gasteiger partial charge in [-0.2, -0.15) is 0 Å². The topological polar surface area (TPSA) is 67.4 Å². The molecule has 0 aliphatic carbocycles. The normalized spacial score (nSPS) is 15.9. The highest BCUT2D eigenvalue weighted by Gasteiger charge is 2.23. The van der Waals surface area contributed by atoms with Crippen LogP contribution in [0.25, 0.3) is 0 Å². The Bertz CT molecular complexity index is 792. The quantitative estimate of drug-likeness (QED) is 0.837. The van der Waals surface area contributed by atoms with E-state index in [2.05, 4.69) is 26.6 Å². The molecule has 5 nitrogen and oxygen atoms in total. The first-order valence-electron chi connectivity index (χ1n) is 7.67. The van der Waals surface area contributed by atoms with Crippen molar-refractivity contribution >= 4 is 39.1 Å². The van der Waals surface area contributed by atoms with Gasteiger partial charge in [-0.25, -0.2) is 0 Å². The molecule has 0 saturated carbocycles. The zero-order valence-electron chi connectivity index (χ0n) is 13.1. The van der Waals surface area contributed by atoms with Gasteiger partial charge in [-0.05, 0) is 49.2 Å². The van der Waals surface area contributed by atoms with Crippen molar-refractivity contribution < 1.29 is 14.3 Å². The van der Waals surface area contributed by atoms with Crippen molar-refractivity contribution in [1.82, 2.24) is 0 Å². The largest absolute Gasteiger partial charge is 0.479 e. The van der Waals surface area contributed by atoms with Gasteiger partial charge in [0.1, 0.15) is 5.75 Å². The van der Waals surface area contributed by atoms with Gasteiger partial charge in [0, 0.05) is 16.6 Å². The molecule has 2 aromatic carbocycles. The van der Waals surface area contributed by atoms with E-state index in [0.29, 0.717) is 30.0 Å². The fraction of sp³-hybridized carbons (Fsp3) is 0.222. The van der Waals surface area contributed by atoms with E-state index in [4.69, 9.17) is 4.74 Å². The molecule has 0 radical (unpaired) electrons. The molecule has 1 unspecified atom stereocenters. The Morgan fingerprint density at radius 1 is 1.29 bits per heavy atom. The van der Waals surface area contributed by atoms with Crippen LogP contribution in [0.15, 0.2) is 46.9 Å². The Morgan fingerprint density at radius 3 is 2.92 bits per heavy atom. The summed E-state index contributed by atoms with van der Waals surface area (Å²) in [5.41, 5.74) is 2.30. The summed E-state index contributed by atoms with van der Waals surface area (Å²) in [5, 5.41) is 5.61. The number of hydrogen-bond acceptors (Lipinski definition) is 3. The summed E-state index contributed by atoms with van der Waals surface area (Å²) in [4.78, 5) is 23.8. The molecular weight excluding hydrogens is 372 g/mol. The second-order valence-electron chi connectivity index (χ2n) is 5.64. The molecule has 0 spiro atoms. The molecule has 1 heterocycles. The van der Waals surface area contributed by atoms with Crippen LogP contribution in [0.5, 0.6) is 5.75 Å². The van der Waals surface area contributed by atoms with Crippen LogP contribution >= 0.6 is 15.9 Å². The number of amides is 2. The lowest BCUT2D eigenvalue weighted by Crippen LogP contribution is -2.34. The van der Waals surface area contributed by atoms with E-state index in [1.54, 1.807) is 25.1 Å². The van der Waals surface area contributed by atoms with Gasteiger partial charge in [0.2, 0.25) is 5.91 Å². The molecule has 0 bridgehead atoms. The Balaban J connectivity index is 1.61. The number of halogens is 1. The minimum Gasteiger partial charge on any atom is -0.479 e. The lowest BCUT2D eigenvalue weighted by Gasteiger charge is -2.23. The van der Waals surface area contributed by atoms with E-state index in [-0.39, 0.29) is 11.8 Å². The summed E-state index contributed by atoms with van der Waals surface area (Å²) in [5.74, 6) is 0.334. The summed E-state index contributed by atoms with van der Waals surface area (Å²) >= 11 is 3.42. The number of benzene rings is 2. The van der Waals surface area contributed by atoms with Crippen LogP contribution in [0.4, 0.5) is 11.4 Å². The molecule has 2 aromatic rings. The van der Waals surface area contributed by atoms with Crippen LogP contribution in [0, 0.1) is 0 Å². The smallest absolute Gasteiger partial charge is 0.265 e. The van der Waals surface area contributed by atoms with E-state index in [9.17, 15) is 9.59 Å². The van der Waals surface area contributed by atoms with Crippen molar-refractivity contribution in [2.75, 3.05) is 10.6 Å². The molecule has 1 atom stereocenters. The van der Waals surface area contributed by atoms with Gasteiger partial charge in [-0.15, -0.1) is 0 Å². The van der Waals surface area contributed by atoms with Crippen LogP contribution in [-0.2, 0) is 16.0 Å². The highest BCUT2D eigenvalue weighted by molar-refractivity contribution is 9.10. The molecule has 2 amide bonds. The number of fused-ring (bicyclic) bond motifs is 1. The average Bonchev–Trinajstić information content (AvgIpc) is 2.54. The number of anilines is 2. The van der Waals surface area contributed by atoms with Gasteiger partial charge in [0.25, 0.3) is 5.91 Å². The number of carbonyl (C=O) groups is 2. The molecule has 124 valence electrons. The SMILES string of the molecule is CC1Oc2ccc(NC(=O)CCc3cccc(Br)c3)cc2NC1=O. The van der Waals surface area contributed by atoms with Gasteiger partial charge in [0.05, 0.1) is 5.69 Å². The van der Waals surface area contributed by atoms with E-state index < -0.39 is 6.10 Å². The molecule has 0 aromatic heterocycles. The standard InChI is InChI=1S/C18H17BrN2O3/c1-11-18(23)21-15-10-14(6-7-16(15)24-11)20-17(22)8-5-12-3-2-4-13(19)9-12/h2-4,6-7,9-11H,5,8H2,1H3,(H,20,22)(H,21,23). The van der Waals surface area contributed by atoms with E-state index in [1.807, 2.05) is 24.3 Å². The maximum absolute atomic E-state index is 12.1. The first-order valence-corrected chi connectivity index (χ1v) is 8.46. The fourth-order valence-electron chi connectivity index (χ4n) is 2.46. The Labute approximate surface area is 148 Å². The molecule has 0 fully saturated rings. The van der Waals surface area contributed by atoms with E-state index in [1.165, 1.54) is 0 Å². The third-order valence-corrected chi connectivity index (χ3v) is 4.22. The molecule has 24 heavy (non-hydrogen) atoms. The molecule has 3 rings (SSSR count). The maximum atomic E-state index is 12.1. The van der Waals surface area contributed by atoms with Crippen LogP contribution in [0.1, 0.15) is 18.9 Å². The third-order valence-electron chi connectivity index (χ3n) is 3.72. The van der Waals surface area contributed by atoms with Gasteiger partial charge in [-0.3, -0.25) is 9.59 Å². The van der Waals surface area contributed by atoms with Crippen LogP contribution in [-0.4, -0.2) is 17.9 Å². The summed E-state index contributed by atoms with van der Waals surface area (Å²) in [6.07, 6.45) is 0.532. The molecule has 6 heteroatoms. The number of aryl methyl sites for hydroxylation is 1. The van der Waals surface area contributed by atoms with Crippen molar-refractivity contribution in [3.8, 4) is 5.75 Å². The Hall–Kier alpha value is -2.34. The van der Waals surface area contributed by atoms with Crippen molar-refractivity contribution in [2.45, 2.75) is 25.9 Å². The number of carbonyl (C=O) groups excluding carboxylic acids is 2. The lowest BCUT2D eigenvalue weighted by molar-refractivity contribution is -0.122. The van der Waals surface area contributed by atoms with Crippen molar-refractivity contribution in [2.24, 2.45) is 0 Å². The summed E-state index contributed by atoms with van der Waals surface area (Å²) < 4.78 is 6.49. The zero-order valence-corrected chi connectivity index (χ0v) is 14.7. The second-order valence-corrected chi connectivity index (χ2v) is 6.55. The molecule has 1 aliphatic heterocycles. The Kier molecular flexibility index (Phi) is 4.85. The molecular formula is C18H17BrN2O3. The van der Waals surface area contributed by atoms with Gasteiger partial charge >= 0.3 is 0 Å².